The molecule has 1 saturated heterocycles. The third-order valence-electron chi connectivity index (χ3n) is 3.31. The zero-order valence-corrected chi connectivity index (χ0v) is 7.67. The fourth-order valence-corrected chi connectivity index (χ4v) is 2.47. The van der Waals surface area contributed by atoms with Crippen LogP contribution in [-0.4, -0.2) is 30.1 Å². The standard InChI is InChI=1S/C9H13F2NO2/c10-9(11)1-5(2-9)6-3-12-4-7(6)8(13)14/h5-7,12H,1-4H2,(H,13,14). The second-order valence-corrected chi connectivity index (χ2v) is 4.29. The molecule has 2 atom stereocenters. The summed E-state index contributed by atoms with van der Waals surface area (Å²) in [5, 5.41) is 11.8. The molecular weight excluding hydrogens is 192 g/mol. The Morgan fingerprint density at radius 1 is 1.36 bits per heavy atom. The highest BCUT2D eigenvalue weighted by molar-refractivity contribution is 5.71. The van der Waals surface area contributed by atoms with E-state index in [1.54, 1.807) is 0 Å². The van der Waals surface area contributed by atoms with Crippen LogP contribution in [0.25, 0.3) is 0 Å². The van der Waals surface area contributed by atoms with Crippen molar-refractivity contribution in [2.45, 2.75) is 18.8 Å². The molecule has 2 aliphatic rings. The zero-order chi connectivity index (χ0) is 10.3. The fraction of sp³-hybridized carbons (Fsp3) is 0.889. The number of nitrogens with one attached hydrogen (secondary N) is 1. The minimum atomic E-state index is -2.55. The van der Waals surface area contributed by atoms with Crippen molar-refractivity contribution >= 4 is 5.97 Å². The smallest absolute Gasteiger partial charge is 0.308 e. The maximum Gasteiger partial charge on any atom is 0.308 e. The molecule has 0 radical (unpaired) electrons. The van der Waals surface area contributed by atoms with Crippen molar-refractivity contribution in [3.63, 3.8) is 0 Å². The topological polar surface area (TPSA) is 49.3 Å². The molecular formula is C9H13F2NO2. The lowest BCUT2D eigenvalue weighted by Crippen LogP contribution is -2.43. The zero-order valence-electron chi connectivity index (χ0n) is 7.67. The fourth-order valence-electron chi connectivity index (χ4n) is 2.47. The highest BCUT2D eigenvalue weighted by Crippen LogP contribution is 2.48. The van der Waals surface area contributed by atoms with Crippen LogP contribution in [0, 0.1) is 17.8 Å². The van der Waals surface area contributed by atoms with Crippen molar-refractivity contribution in [1.82, 2.24) is 5.32 Å². The van der Waals surface area contributed by atoms with Crippen LogP contribution < -0.4 is 5.32 Å². The molecule has 2 rings (SSSR count). The first-order valence-corrected chi connectivity index (χ1v) is 4.81. The molecule has 1 aliphatic carbocycles. The van der Waals surface area contributed by atoms with Crippen LogP contribution in [0.3, 0.4) is 0 Å². The molecule has 1 heterocycles. The SMILES string of the molecule is O=C(O)C1CNCC1C1CC(F)(F)C1. The Kier molecular flexibility index (Phi) is 2.21. The van der Waals surface area contributed by atoms with Crippen LogP contribution in [-0.2, 0) is 4.79 Å². The molecule has 0 amide bonds. The minimum absolute atomic E-state index is 0.105. The largest absolute Gasteiger partial charge is 0.481 e. The second-order valence-electron chi connectivity index (χ2n) is 4.29. The van der Waals surface area contributed by atoms with Gasteiger partial charge in [-0.05, 0) is 18.4 Å². The highest BCUT2D eigenvalue weighted by atomic mass is 19.3. The average Bonchev–Trinajstić information content (AvgIpc) is 2.46. The van der Waals surface area contributed by atoms with Crippen molar-refractivity contribution < 1.29 is 18.7 Å². The quantitative estimate of drug-likeness (QED) is 0.705. The van der Waals surface area contributed by atoms with Gasteiger partial charge in [-0.1, -0.05) is 0 Å². The number of halogens is 2. The van der Waals surface area contributed by atoms with Gasteiger partial charge in [0.25, 0.3) is 0 Å². The Hall–Kier alpha value is -0.710. The van der Waals surface area contributed by atoms with Crippen molar-refractivity contribution in [2.75, 3.05) is 13.1 Å². The Morgan fingerprint density at radius 2 is 2.00 bits per heavy atom. The molecule has 0 aromatic carbocycles. The van der Waals surface area contributed by atoms with E-state index < -0.39 is 17.8 Å². The maximum atomic E-state index is 12.6. The van der Waals surface area contributed by atoms with Gasteiger partial charge in [0, 0.05) is 19.4 Å². The van der Waals surface area contributed by atoms with Crippen LogP contribution in [0.2, 0.25) is 0 Å². The first-order valence-electron chi connectivity index (χ1n) is 4.81. The molecule has 2 N–H and O–H groups in total. The van der Waals surface area contributed by atoms with E-state index in [1.165, 1.54) is 0 Å². The molecule has 2 unspecified atom stereocenters. The van der Waals surface area contributed by atoms with Gasteiger partial charge >= 0.3 is 5.97 Å². The summed E-state index contributed by atoms with van der Waals surface area (Å²) in [6, 6.07) is 0. The molecule has 5 heteroatoms. The second kappa shape index (κ2) is 3.15. The molecule has 2 fully saturated rings. The molecule has 3 nitrogen and oxygen atoms in total. The Balaban J connectivity index is 1.95. The lowest BCUT2D eigenvalue weighted by molar-refractivity contribution is -0.151. The first kappa shape index (κ1) is 9.83. The van der Waals surface area contributed by atoms with Crippen LogP contribution in [0.4, 0.5) is 8.78 Å². The molecule has 14 heavy (non-hydrogen) atoms. The molecule has 0 aromatic rings. The molecule has 1 aliphatic heterocycles. The van der Waals surface area contributed by atoms with Gasteiger partial charge in [0.15, 0.2) is 0 Å². The van der Waals surface area contributed by atoms with Gasteiger partial charge in [-0.3, -0.25) is 4.79 Å². The van der Waals surface area contributed by atoms with Crippen molar-refractivity contribution in [2.24, 2.45) is 17.8 Å². The Labute approximate surface area is 80.5 Å². The third-order valence-corrected chi connectivity index (χ3v) is 3.31. The summed E-state index contributed by atoms with van der Waals surface area (Å²) in [7, 11) is 0. The molecule has 0 spiro atoms. The van der Waals surface area contributed by atoms with E-state index in [-0.39, 0.29) is 24.7 Å². The lowest BCUT2D eigenvalue weighted by Gasteiger charge is -2.39. The Bertz CT molecular complexity index is 249. The summed E-state index contributed by atoms with van der Waals surface area (Å²) in [4.78, 5) is 10.8. The predicted molar refractivity (Wildman–Crippen MR) is 45.2 cm³/mol. The van der Waals surface area contributed by atoms with E-state index in [0.717, 1.165) is 0 Å². The van der Waals surface area contributed by atoms with Crippen molar-refractivity contribution in [3.05, 3.63) is 0 Å². The number of rotatable bonds is 2. The third kappa shape index (κ3) is 1.61. The number of carboxylic acids is 1. The summed E-state index contributed by atoms with van der Waals surface area (Å²) < 4.78 is 25.2. The molecule has 0 aromatic heterocycles. The van der Waals surface area contributed by atoms with E-state index in [9.17, 15) is 13.6 Å². The number of hydrogen-bond donors (Lipinski definition) is 2. The molecule has 1 saturated carbocycles. The van der Waals surface area contributed by atoms with E-state index in [0.29, 0.717) is 13.1 Å². The molecule has 0 bridgehead atoms. The summed E-state index contributed by atoms with van der Waals surface area (Å²) in [5.74, 6) is -4.10. The van der Waals surface area contributed by atoms with Crippen LogP contribution in [0.5, 0.6) is 0 Å². The van der Waals surface area contributed by atoms with Crippen LogP contribution in [0.1, 0.15) is 12.8 Å². The summed E-state index contributed by atoms with van der Waals surface area (Å²) in [5.41, 5.74) is 0. The number of carboxylic acid groups (broad SMARTS) is 1. The van der Waals surface area contributed by atoms with E-state index in [2.05, 4.69) is 5.32 Å². The van der Waals surface area contributed by atoms with Gasteiger partial charge in [-0.25, -0.2) is 8.78 Å². The summed E-state index contributed by atoms with van der Waals surface area (Å²) in [6.45, 7) is 0.986. The van der Waals surface area contributed by atoms with Crippen molar-refractivity contribution in [1.29, 1.82) is 0 Å². The number of aliphatic carboxylic acids is 1. The van der Waals surface area contributed by atoms with E-state index in [1.807, 2.05) is 0 Å². The van der Waals surface area contributed by atoms with Crippen molar-refractivity contribution in [3.8, 4) is 0 Å². The minimum Gasteiger partial charge on any atom is -0.481 e. The predicted octanol–water partition coefficient (Wildman–Crippen LogP) is 0.952. The number of hydrogen-bond acceptors (Lipinski definition) is 2. The van der Waals surface area contributed by atoms with Gasteiger partial charge < -0.3 is 10.4 Å². The normalized spacial score (nSPS) is 36.7. The summed E-state index contributed by atoms with van der Waals surface area (Å²) >= 11 is 0. The number of carbonyl (C=O) groups is 1. The van der Waals surface area contributed by atoms with Gasteiger partial charge in [-0.2, -0.15) is 0 Å². The summed E-state index contributed by atoms with van der Waals surface area (Å²) in [6.07, 6.45) is -0.272. The first-order chi connectivity index (χ1) is 6.49. The maximum absolute atomic E-state index is 12.6. The van der Waals surface area contributed by atoms with Gasteiger partial charge in [0.05, 0.1) is 5.92 Å². The van der Waals surface area contributed by atoms with Gasteiger partial charge in [-0.15, -0.1) is 0 Å². The monoisotopic (exact) mass is 205 g/mol. The highest BCUT2D eigenvalue weighted by Gasteiger charge is 2.52. The lowest BCUT2D eigenvalue weighted by atomic mass is 9.69. The Morgan fingerprint density at radius 3 is 2.50 bits per heavy atom. The van der Waals surface area contributed by atoms with E-state index >= 15 is 0 Å². The number of alkyl halides is 2. The van der Waals surface area contributed by atoms with Crippen LogP contribution >= 0.6 is 0 Å². The van der Waals surface area contributed by atoms with Gasteiger partial charge in [0.2, 0.25) is 5.92 Å². The van der Waals surface area contributed by atoms with Gasteiger partial charge in [0.1, 0.15) is 0 Å². The van der Waals surface area contributed by atoms with E-state index in [4.69, 9.17) is 5.11 Å². The van der Waals surface area contributed by atoms with Crippen LogP contribution in [0.15, 0.2) is 0 Å². The molecule has 80 valence electrons. The average molecular weight is 205 g/mol.